The third kappa shape index (κ3) is 3.09. The number of hydrogen-bond acceptors (Lipinski definition) is 4. The van der Waals surface area contributed by atoms with Gasteiger partial charge in [-0.25, -0.2) is 0 Å². The van der Waals surface area contributed by atoms with Gasteiger partial charge in [0, 0.05) is 28.7 Å². The van der Waals surface area contributed by atoms with E-state index in [2.05, 4.69) is 46.6 Å². The maximum absolute atomic E-state index is 5.71. The monoisotopic (exact) mass is 322 g/mol. The van der Waals surface area contributed by atoms with Gasteiger partial charge in [-0.15, -0.1) is 22.0 Å². The van der Waals surface area contributed by atoms with Crippen molar-refractivity contribution in [3.05, 3.63) is 54.6 Å². The van der Waals surface area contributed by atoms with Gasteiger partial charge in [-0.2, -0.15) is 0 Å². The Morgan fingerprint density at radius 3 is 2.52 bits per heavy atom. The van der Waals surface area contributed by atoms with E-state index >= 15 is 0 Å². The van der Waals surface area contributed by atoms with Gasteiger partial charge in [0.15, 0.2) is 0 Å². The van der Waals surface area contributed by atoms with Crippen LogP contribution in [-0.2, 0) is 4.74 Å². The Hall–Kier alpha value is -1.91. The molecule has 1 aromatic heterocycles. The number of benzene rings is 2. The lowest BCUT2D eigenvalue weighted by Gasteiger charge is -2.11. The van der Waals surface area contributed by atoms with E-state index in [9.17, 15) is 0 Å². The molecule has 4 rings (SSSR count). The minimum atomic E-state index is 0.356. The van der Waals surface area contributed by atoms with E-state index in [0.717, 1.165) is 40.5 Å². The zero-order valence-corrected chi connectivity index (χ0v) is 13.6. The molecule has 1 aliphatic heterocycles. The van der Waals surface area contributed by atoms with Gasteiger partial charge in [0.1, 0.15) is 10.7 Å². The average molecular weight is 322 g/mol. The average Bonchev–Trinajstić information content (AvgIpc) is 3.14. The molecule has 1 atom stereocenters. The van der Waals surface area contributed by atoms with Gasteiger partial charge in [-0.1, -0.05) is 54.6 Å². The predicted octanol–water partition coefficient (Wildman–Crippen LogP) is 4.57. The van der Waals surface area contributed by atoms with Crippen molar-refractivity contribution in [2.75, 3.05) is 12.4 Å². The molecular formula is C19H18N2OS. The van der Waals surface area contributed by atoms with Crippen molar-refractivity contribution in [1.82, 2.24) is 10.2 Å². The summed E-state index contributed by atoms with van der Waals surface area (Å²) >= 11 is 1.75. The molecule has 1 aliphatic rings. The molecule has 0 N–H and O–H groups in total. The summed E-state index contributed by atoms with van der Waals surface area (Å²) in [7, 11) is 0. The molecule has 0 spiro atoms. The third-order valence-corrected chi connectivity index (χ3v) is 5.24. The molecule has 0 saturated carbocycles. The van der Waals surface area contributed by atoms with Gasteiger partial charge in [0.2, 0.25) is 0 Å². The highest BCUT2D eigenvalue weighted by molar-refractivity contribution is 7.99. The lowest BCUT2D eigenvalue weighted by molar-refractivity contribution is 0.129. The van der Waals surface area contributed by atoms with Crippen LogP contribution in [0.1, 0.15) is 12.8 Å². The largest absolute Gasteiger partial charge is 0.377 e. The highest BCUT2D eigenvalue weighted by Gasteiger charge is 2.17. The van der Waals surface area contributed by atoms with Crippen LogP contribution in [0.2, 0.25) is 0 Å². The molecule has 23 heavy (non-hydrogen) atoms. The molecule has 0 bridgehead atoms. The minimum absolute atomic E-state index is 0.356. The number of rotatable bonds is 4. The summed E-state index contributed by atoms with van der Waals surface area (Å²) in [5, 5.41) is 12.3. The van der Waals surface area contributed by atoms with Crippen molar-refractivity contribution >= 4 is 22.5 Å². The van der Waals surface area contributed by atoms with Crippen LogP contribution in [0.5, 0.6) is 0 Å². The Labute approximate surface area is 140 Å². The first-order chi connectivity index (χ1) is 11.4. The van der Waals surface area contributed by atoms with Crippen molar-refractivity contribution in [3.63, 3.8) is 0 Å². The molecule has 4 heteroatoms. The number of ether oxygens (including phenoxy) is 1. The highest BCUT2D eigenvalue weighted by Crippen LogP contribution is 2.32. The van der Waals surface area contributed by atoms with Crippen molar-refractivity contribution in [2.24, 2.45) is 0 Å². The molecule has 0 radical (unpaired) electrons. The second kappa shape index (κ2) is 6.69. The van der Waals surface area contributed by atoms with Crippen LogP contribution in [0.3, 0.4) is 0 Å². The summed E-state index contributed by atoms with van der Waals surface area (Å²) in [6.45, 7) is 0.893. The first kappa shape index (κ1) is 14.7. The van der Waals surface area contributed by atoms with Crippen molar-refractivity contribution in [2.45, 2.75) is 24.0 Å². The number of fused-ring (bicyclic) bond motifs is 1. The van der Waals surface area contributed by atoms with Crippen LogP contribution in [0.25, 0.3) is 22.0 Å². The maximum Gasteiger partial charge on any atom is 0.127 e. The second-order valence-electron chi connectivity index (χ2n) is 5.71. The molecular weight excluding hydrogens is 304 g/mol. The molecule has 3 nitrogen and oxygen atoms in total. The normalized spacial score (nSPS) is 17.7. The third-order valence-electron chi connectivity index (χ3n) is 4.13. The number of nitrogens with zero attached hydrogens (tertiary/aromatic N) is 2. The van der Waals surface area contributed by atoms with Gasteiger partial charge in [-0.3, -0.25) is 0 Å². The van der Waals surface area contributed by atoms with Crippen LogP contribution < -0.4 is 0 Å². The van der Waals surface area contributed by atoms with Gasteiger partial charge in [0.05, 0.1) is 6.10 Å². The minimum Gasteiger partial charge on any atom is -0.377 e. The molecule has 0 unspecified atom stereocenters. The summed E-state index contributed by atoms with van der Waals surface area (Å²) in [5.74, 6) is 0.948. The molecule has 0 amide bonds. The molecule has 2 heterocycles. The Balaban J connectivity index is 1.70. The van der Waals surface area contributed by atoms with Gasteiger partial charge < -0.3 is 4.74 Å². The number of hydrogen-bond donors (Lipinski definition) is 0. The zero-order valence-electron chi connectivity index (χ0n) is 12.8. The van der Waals surface area contributed by atoms with E-state index < -0.39 is 0 Å². The quantitative estimate of drug-likeness (QED) is 0.659. The first-order valence-electron chi connectivity index (χ1n) is 7.97. The topological polar surface area (TPSA) is 35.0 Å². The fraction of sp³-hybridized carbons (Fsp3) is 0.263. The Bertz CT molecular complexity index is 801. The number of aromatic nitrogens is 2. The molecule has 1 saturated heterocycles. The molecule has 3 aromatic rings. The molecule has 0 aliphatic carbocycles. The molecule has 2 aromatic carbocycles. The Kier molecular flexibility index (Phi) is 4.26. The first-order valence-corrected chi connectivity index (χ1v) is 8.95. The highest BCUT2D eigenvalue weighted by atomic mass is 32.2. The summed E-state index contributed by atoms with van der Waals surface area (Å²) in [6.07, 6.45) is 2.68. The van der Waals surface area contributed by atoms with E-state index in [1.807, 2.05) is 18.2 Å². The summed E-state index contributed by atoms with van der Waals surface area (Å²) in [5.41, 5.74) is 2.05. The van der Waals surface area contributed by atoms with E-state index in [1.165, 1.54) is 11.8 Å². The lowest BCUT2D eigenvalue weighted by atomic mass is 10.1. The summed E-state index contributed by atoms with van der Waals surface area (Å²) in [6, 6.07) is 18.6. The lowest BCUT2D eigenvalue weighted by Crippen LogP contribution is -2.08. The summed E-state index contributed by atoms with van der Waals surface area (Å²) in [4.78, 5) is 0. The van der Waals surface area contributed by atoms with Crippen molar-refractivity contribution in [1.29, 1.82) is 0 Å². The zero-order chi connectivity index (χ0) is 15.5. The molecule has 1 fully saturated rings. The Morgan fingerprint density at radius 2 is 1.74 bits per heavy atom. The van der Waals surface area contributed by atoms with Crippen LogP contribution in [-0.4, -0.2) is 28.7 Å². The van der Waals surface area contributed by atoms with Crippen LogP contribution >= 0.6 is 11.8 Å². The SMILES string of the molecule is c1ccc(-c2nnc(SC[C@H]3CCCO3)c3ccccc23)cc1. The smallest absolute Gasteiger partial charge is 0.127 e. The van der Waals surface area contributed by atoms with Crippen molar-refractivity contribution in [3.8, 4) is 11.3 Å². The summed E-state index contributed by atoms with van der Waals surface area (Å²) < 4.78 is 5.71. The van der Waals surface area contributed by atoms with Gasteiger partial charge >= 0.3 is 0 Å². The molecule has 116 valence electrons. The van der Waals surface area contributed by atoms with Crippen LogP contribution in [0.4, 0.5) is 0 Å². The maximum atomic E-state index is 5.71. The fourth-order valence-corrected chi connectivity index (χ4v) is 3.98. The number of thioether (sulfide) groups is 1. The van der Waals surface area contributed by atoms with E-state index in [-0.39, 0.29) is 0 Å². The Morgan fingerprint density at radius 1 is 0.957 bits per heavy atom. The van der Waals surface area contributed by atoms with Gasteiger partial charge in [-0.05, 0) is 12.8 Å². The van der Waals surface area contributed by atoms with E-state index in [1.54, 1.807) is 11.8 Å². The second-order valence-corrected chi connectivity index (χ2v) is 6.72. The van der Waals surface area contributed by atoms with Crippen LogP contribution in [0, 0.1) is 0 Å². The standard InChI is InChI=1S/C19H18N2OS/c1-2-7-14(8-3-1)18-16-10-4-5-11-17(16)19(21-20-18)23-13-15-9-6-12-22-15/h1-5,7-8,10-11,15H,6,9,12-13H2/t15-/m1/s1. The van der Waals surface area contributed by atoms with E-state index in [4.69, 9.17) is 4.74 Å². The van der Waals surface area contributed by atoms with Crippen molar-refractivity contribution < 1.29 is 4.74 Å². The van der Waals surface area contributed by atoms with E-state index in [0.29, 0.717) is 6.10 Å². The predicted molar refractivity (Wildman–Crippen MR) is 94.7 cm³/mol. The van der Waals surface area contributed by atoms with Gasteiger partial charge in [0.25, 0.3) is 0 Å². The fourth-order valence-electron chi connectivity index (χ4n) is 2.94. The van der Waals surface area contributed by atoms with Crippen LogP contribution in [0.15, 0.2) is 59.6 Å².